The molecule has 3 saturated carbocycles. The van der Waals surface area contributed by atoms with Crippen molar-refractivity contribution >= 4 is 77.6 Å². The fourth-order valence-electron chi connectivity index (χ4n) is 16.6. The number of pyridine rings is 3. The summed E-state index contributed by atoms with van der Waals surface area (Å²) in [6.45, 7) is 8.43. The Labute approximate surface area is 591 Å². The zero-order valence-corrected chi connectivity index (χ0v) is 57.3. The first-order valence-corrected chi connectivity index (χ1v) is 36.6. The molecule has 17 nitrogen and oxygen atoms in total. The number of nitrogens with one attached hydrogen (secondary N) is 4. The van der Waals surface area contributed by atoms with Gasteiger partial charge in [-0.05, 0) is 279 Å². The molecular formula is C81H81F5N14O3. The highest BCUT2D eigenvalue weighted by Crippen LogP contribution is 2.48. The fraction of sp³-hybridized carbons (Fsp3) is 0.383. The summed E-state index contributed by atoms with van der Waals surface area (Å²) in [5.41, 5.74) is 11.9. The van der Waals surface area contributed by atoms with E-state index in [1.165, 1.54) is 55.0 Å². The van der Waals surface area contributed by atoms with E-state index in [1.54, 1.807) is 47.5 Å². The van der Waals surface area contributed by atoms with E-state index in [-0.39, 0.29) is 47.4 Å². The zero-order chi connectivity index (χ0) is 70.1. The number of benzene rings is 6. The number of hydrogen-bond acceptors (Lipinski definition) is 12. The lowest BCUT2D eigenvalue weighted by atomic mass is 9.86. The molecule has 0 bridgehead atoms. The van der Waals surface area contributed by atoms with Gasteiger partial charge in [0.2, 0.25) is 0 Å². The molecule has 528 valence electrons. The first-order valence-electron chi connectivity index (χ1n) is 36.6. The van der Waals surface area contributed by atoms with E-state index >= 15 is 0 Å². The maximum Gasteiger partial charge on any atom is 0.254 e. The minimum absolute atomic E-state index is 0.000109. The standard InChI is InChI=1S/C29H30FN5O2.C29H30FN5O.C23H21F3N4/c30-20-4-6-24-23(14-20)22(7-10-31-24)17-8-11-34(12-9-17)27(18-1-2-18)28-32-25-5-3-19(13-26(25)33-28)29(37)35-15-21(36)16-35;30-20-4-8-24-23(16-20)22(9-12-31-24)17-10-13-35(14-11-17)27(18-1-2-18)28-33-25-7-3-19(15-26(25)34-28)29(36)32-21-5-6-21;1-13(23-28-21-11-18(25)19(26)12-22(21)29-23)30-8-5-14(6-9-30)16-4-7-27-20-3-2-15(24)10-17(16)20/h3-7,10,13-14,17-18,21,27,36H,1-2,8-9,11-12,15-16H2,(H,32,33);3-4,7-9,12,15-18,21,27H,1-2,5-6,10-11,13-14H2,(H,32,36)(H,33,34);2-4,7,10-14H,5-6,8-9H2,1H3,(H,28,29)/t2*27-;13-/m111/s1. The second kappa shape index (κ2) is 27.9. The molecule has 6 aromatic heterocycles. The predicted molar refractivity (Wildman–Crippen MR) is 386 cm³/mol. The first kappa shape index (κ1) is 66.6. The van der Waals surface area contributed by atoms with E-state index in [2.05, 4.69) is 67.0 Å². The zero-order valence-electron chi connectivity index (χ0n) is 57.3. The van der Waals surface area contributed by atoms with Crippen LogP contribution in [-0.4, -0.2) is 146 Å². The van der Waals surface area contributed by atoms with Crippen molar-refractivity contribution in [2.75, 3.05) is 52.4 Å². The third kappa shape index (κ3) is 14.0. The van der Waals surface area contributed by atoms with Gasteiger partial charge in [-0.2, -0.15) is 0 Å². The summed E-state index contributed by atoms with van der Waals surface area (Å²) in [6.07, 6.45) is 18.1. The average Bonchev–Trinajstić information content (AvgIpc) is 1.77. The molecular weight excluding hydrogens is 1310 g/mol. The summed E-state index contributed by atoms with van der Waals surface area (Å²) < 4.78 is 68.7. The Kier molecular flexibility index (Phi) is 18.0. The maximum absolute atomic E-state index is 14.0. The number of aliphatic hydroxyl groups excluding tert-OH is 1. The molecule has 5 N–H and O–H groups in total. The number of piperidine rings is 3. The van der Waals surface area contributed by atoms with Crippen molar-refractivity contribution in [3.63, 3.8) is 0 Å². The molecule has 19 rings (SSSR count). The summed E-state index contributed by atoms with van der Waals surface area (Å²) in [5, 5.41) is 15.4. The lowest BCUT2D eigenvalue weighted by Gasteiger charge is -2.37. The van der Waals surface area contributed by atoms with Crippen LogP contribution in [0.15, 0.2) is 140 Å². The number of rotatable bonds is 14. The van der Waals surface area contributed by atoms with E-state index in [4.69, 9.17) is 9.97 Å². The van der Waals surface area contributed by atoms with Crippen LogP contribution < -0.4 is 5.32 Å². The number of likely N-dealkylation sites (tertiary alicyclic amines) is 4. The molecule has 22 heteroatoms. The van der Waals surface area contributed by atoms with Gasteiger partial charge in [0.05, 0.1) is 73.9 Å². The SMILES string of the molecule is C[C@H](c1nc2cc(F)c(F)cc2[nH]1)N1CCC(c2ccnc3ccc(F)cc23)CC1.O=C(NC1CC1)c1ccc2nc([C@@H](C3CC3)N3CCC(c4ccnc5ccc(F)cc45)CC3)[nH]c2c1.O=C(c1ccc2nc([C@@H](C3CC3)N3CCC(c4ccnc5ccc(F)cc45)CC3)[nH]c2c1)N1CC(O)C1. The van der Waals surface area contributed by atoms with Crippen LogP contribution in [0, 0.1) is 40.9 Å². The number of fused-ring (bicyclic) bond motifs is 6. The van der Waals surface area contributed by atoms with Crippen molar-refractivity contribution in [1.29, 1.82) is 0 Å². The lowest BCUT2D eigenvalue weighted by molar-refractivity contribution is 0.00590. The van der Waals surface area contributed by atoms with Gasteiger partial charge < -0.3 is 30.3 Å². The van der Waals surface area contributed by atoms with E-state index in [9.17, 15) is 36.6 Å². The number of carbonyl (C=O) groups excluding carboxylic acids is 2. The van der Waals surface area contributed by atoms with Gasteiger partial charge in [-0.1, -0.05) is 0 Å². The number of aliphatic hydroxyl groups is 1. The Bertz CT molecular complexity index is 5140. The topological polar surface area (TPSA) is 204 Å². The van der Waals surface area contributed by atoms with E-state index in [0.717, 1.165) is 175 Å². The van der Waals surface area contributed by atoms with E-state index in [0.29, 0.717) is 76.7 Å². The number of imidazole rings is 3. The van der Waals surface area contributed by atoms with Gasteiger partial charge in [-0.3, -0.25) is 39.2 Å². The summed E-state index contributed by atoms with van der Waals surface area (Å²) in [7, 11) is 0. The molecule has 3 aliphatic carbocycles. The Morgan fingerprint density at radius 1 is 0.447 bits per heavy atom. The predicted octanol–water partition coefficient (Wildman–Crippen LogP) is 15.3. The van der Waals surface area contributed by atoms with Crippen LogP contribution >= 0.6 is 0 Å². The van der Waals surface area contributed by atoms with Gasteiger partial charge in [-0.15, -0.1) is 0 Å². The Morgan fingerprint density at radius 3 is 1.29 bits per heavy atom. The maximum atomic E-state index is 14.0. The van der Waals surface area contributed by atoms with Crippen LogP contribution in [0.25, 0.3) is 65.8 Å². The summed E-state index contributed by atoms with van der Waals surface area (Å²) in [4.78, 5) is 72.2. The highest BCUT2D eigenvalue weighted by Gasteiger charge is 2.42. The van der Waals surface area contributed by atoms with E-state index in [1.807, 2.05) is 61.8 Å². The number of amides is 2. The smallest absolute Gasteiger partial charge is 0.254 e. The van der Waals surface area contributed by atoms with Crippen molar-refractivity contribution in [2.45, 2.75) is 132 Å². The van der Waals surface area contributed by atoms with Crippen molar-refractivity contribution < 1.29 is 36.6 Å². The molecule has 12 aromatic rings. The third-order valence-electron chi connectivity index (χ3n) is 22.7. The molecule has 103 heavy (non-hydrogen) atoms. The van der Waals surface area contributed by atoms with Crippen molar-refractivity contribution in [3.05, 3.63) is 214 Å². The quantitative estimate of drug-likeness (QED) is 0.0646. The summed E-state index contributed by atoms with van der Waals surface area (Å²) >= 11 is 0. The Hall–Kier alpha value is -9.61. The highest BCUT2D eigenvalue weighted by atomic mass is 19.2. The number of H-pyrrole nitrogens is 3. The molecule has 0 radical (unpaired) electrons. The minimum atomic E-state index is -0.893. The molecule has 3 atom stereocenters. The number of hydrogen-bond donors (Lipinski definition) is 5. The van der Waals surface area contributed by atoms with Gasteiger partial charge in [0.25, 0.3) is 11.8 Å². The summed E-state index contributed by atoms with van der Waals surface area (Å²) in [6, 6.07) is 35.1. The molecule has 10 heterocycles. The largest absolute Gasteiger partial charge is 0.389 e. The van der Waals surface area contributed by atoms with Crippen LogP contribution in [0.3, 0.4) is 0 Å². The van der Waals surface area contributed by atoms with Crippen molar-refractivity contribution in [1.82, 2.24) is 69.8 Å². The molecule has 7 fully saturated rings. The van der Waals surface area contributed by atoms with Gasteiger partial charge in [0.1, 0.15) is 34.9 Å². The fourth-order valence-corrected chi connectivity index (χ4v) is 16.6. The van der Waals surface area contributed by atoms with Crippen LogP contribution in [0.5, 0.6) is 0 Å². The molecule has 7 aliphatic rings. The van der Waals surface area contributed by atoms with Crippen LogP contribution in [0.1, 0.15) is 175 Å². The monoisotopic (exact) mass is 1390 g/mol. The second-order valence-electron chi connectivity index (χ2n) is 29.6. The highest BCUT2D eigenvalue weighted by molar-refractivity contribution is 5.99. The lowest BCUT2D eigenvalue weighted by Crippen LogP contribution is -2.53. The number of β-amino-alcohol motifs (C(OH)–C–C–N with tert-alkyl or cyclic N) is 1. The van der Waals surface area contributed by atoms with Crippen LogP contribution in [0.2, 0.25) is 0 Å². The van der Waals surface area contributed by atoms with Crippen LogP contribution in [0.4, 0.5) is 22.0 Å². The number of halogens is 5. The molecule has 4 saturated heterocycles. The van der Waals surface area contributed by atoms with E-state index < -0.39 is 17.7 Å². The molecule has 2 amide bonds. The average molecular weight is 1390 g/mol. The molecule has 6 aromatic carbocycles. The van der Waals surface area contributed by atoms with Crippen LogP contribution in [-0.2, 0) is 0 Å². The second-order valence-corrected chi connectivity index (χ2v) is 29.6. The number of aromatic amines is 3. The molecule has 0 spiro atoms. The third-order valence-corrected chi connectivity index (χ3v) is 22.7. The molecule has 4 aliphatic heterocycles. The number of aromatic nitrogens is 9. The number of nitrogens with zero attached hydrogens (tertiary/aromatic N) is 10. The molecule has 0 unspecified atom stereocenters. The summed E-state index contributed by atoms with van der Waals surface area (Å²) in [5.74, 6) is 2.53. The van der Waals surface area contributed by atoms with Crippen molar-refractivity contribution in [3.8, 4) is 0 Å². The first-order chi connectivity index (χ1) is 50.1. The van der Waals surface area contributed by atoms with Gasteiger partial charge >= 0.3 is 0 Å². The van der Waals surface area contributed by atoms with Gasteiger partial charge in [0, 0.05) is 77.1 Å². The van der Waals surface area contributed by atoms with Gasteiger partial charge in [-0.25, -0.2) is 36.9 Å². The Morgan fingerprint density at radius 2 is 0.845 bits per heavy atom. The van der Waals surface area contributed by atoms with Gasteiger partial charge in [0.15, 0.2) is 11.6 Å². The normalized spacial score (nSPS) is 19.3. The number of carbonyl (C=O) groups is 2. The minimum Gasteiger partial charge on any atom is -0.389 e. The Balaban J connectivity index is 0.000000115. The van der Waals surface area contributed by atoms with Crippen molar-refractivity contribution in [2.24, 2.45) is 11.8 Å².